The van der Waals surface area contributed by atoms with Crippen molar-refractivity contribution in [3.05, 3.63) is 21.8 Å². The van der Waals surface area contributed by atoms with Crippen LogP contribution in [0.5, 0.6) is 11.5 Å². The number of rotatable bonds is 0. The summed E-state index contributed by atoms with van der Waals surface area (Å²) in [5.74, 6) is 1.64. The molecule has 3 heteroatoms. The second-order valence-corrected chi connectivity index (χ2v) is 3.07. The van der Waals surface area contributed by atoms with Crippen molar-refractivity contribution in [3.8, 4) is 11.5 Å². The molecule has 0 N–H and O–H groups in total. The van der Waals surface area contributed by atoms with Gasteiger partial charge < -0.3 is 9.47 Å². The summed E-state index contributed by atoms with van der Waals surface area (Å²) in [6, 6.07) is 6.60. The van der Waals surface area contributed by atoms with Crippen LogP contribution in [0.2, 0.25) is 0 Å². The van der Waals surface area contributed by atoms with Crippen LogP contribution in [0, 0.1) is 9.64 Å². The minimum absolute atomic E-state index is 0.336. The van der Waals surface area contributed by atoms with E-state index in [1.165, 1.54) is 0 Å². The first-order valence-corrected chi connectivity index (χ1v) is 3.91. The maximum atomic E-state index is 5.18. The zero-order valence-electron chi connectivity index (χ0n) is 5.06. The third kappa shape index (κ3) is 0.847. The highest BCUT2D eigenvalue weighted by molar-refractivity contribution is 14.1. The second kappa shape index (κ2) is 2.30. The first-order chi connectivity index (χ1) is 4.88. The zero-order chi connectivity index (χ0) is 6.97. The predicted molar refractivity (Wildman–Crippen MR) is 44.1 cm³/mol. The lowest BCUT2D eigenvalue weighted by atomic mass is 10.3. The van der Waals surface area contributed by atoms with Gasteiger partial charge in [-0.1, -0.05) is 0 Å². The van der Waals surface area contributed by atoms with Crippen molar-refractivity contribution in [1.29, 1.82) is 0 Å². The van der Waals surface area contributed by atoms with E-state index in [1.54, 1.807) is 6.07 Å². The molecule has 0 aliphatic carbocycles. The Kier molecular flexibility index (Phi) is 1.44. The van der Waals surface area contributed by atoms with E-state index in [9.17, 15) is 0 Å². The van der Waals surface area contributed by atoms with E-state index in [0.717, 1.165) is 15.1 Å². The predicted octanol–water partition coefficient (Wildman–Crippen LogP) is 1.82. The molecule has 1 aliphatic rings. The summed E-state index contributed by atoms with van der Waals surface area (Å²) in [5, 5.41) is 0. The molecule has 0 fully saturated rings. The van der Waals surface area contributed by atoms with Gasteiger partial charge in [0.2, 0.25) is 6.79 Å². The Morgan fingerprint density at radius 1 is 1.40 bits per heavy atom. The molecule has 0 amide bonds. The van der Waals surface area contributed by atoms with Gasteiger partial charge >= 0.3 is 0 Å². The van der Waals surface area contributed by atoms with Crippen molar-refractivity contribution >= 4 is 22.6 Å². The van der Waals surface area contributed by atoms with E-state index in [2.05, 4.69) is 28.7 Å². The van der Waals surface area contributed by atoms with Crippen LogP contribution in [-0.2, 0) is 0 Å². The van der Waals surface area contributed by atoms with Gasteiger partial charge in [0.15, 0.2) is 11.5 Å². The highest BCUT2D eigenvalue weighted by Gasteiger charge is 2.14. The molecule has 0 atom stereocenters. The molecule has 51 valence electrons. The third-order valence-corrected chi connectivity index (χ3v) is 2.08. The summed E-state index contributed by atoms with van der Waals surface area (Å²) in [4.78, 5) is 0. The number of hydrogen-bond acceptors (Lipinski definition) is 2. The van der Waals surface area contributed by atoms with Gasteiger partial charge in [0.25, 0.3) is 0 Å². The topological polar surface area (TPSA) is 18.5 Å². The zero-order valence-corrected chi connectivity index (χ0v) is 7.21. The van der Waals surface area contributed by atoms with E-state index >= 15 is 0 Å². The van der Waals surface area contributed by atoms with Gasteiger partial charge in [0.05, 0.1) is 3.57 Å². The van der Waals surface area contributed by atoms with E-state index in [0.29, 0.717) is 6.79 Å². The molecule has 1 aliphatic heterocycles. The second-order valence-electron chi connectivity index (χ2n) is 1.90. The Morgan fingerprint density at radius 2 is 2.30 bits per heavy atom. The average molecular weight is 247 g/mol. The maximum Gasteiger partial charge on any atom is 0.231 e. The van der Waals surface area contributed by atoms with Crippen LogP contribution >= 0.6 is 22.6 Å². The molecule has 2 rings (SSSR count). The molecule has 1 radical (unpaired) electrons. The lowest BCUT2D eigenvalue weighted by Gasteiger charge is -1.95. The van der Waals surface area contributed by atoms with Crippen molar-refractivity contribution in [2.75, 3.05) is 6.79 Å². The molecule has 10 heavy (non-hydrogen) atoms. The molecule has 1 aromatic rings. The number of halogens is 1. The first-order valence-electron chi connectivity index (χ1n) is 2.83. The van der Waals surface area contributed by atoms with Crippen molar-refractivity contribution < 1.29 is 9.47 Å². The van der Waals surface area contributed by atoms with Gasteiger partial charge in [-0.3, -0.25) is 0 Å². The minimum Gasteiger partial charge on any atom is -0.454 e. The Balaban J connectivity index is 2.59. The normalized spacial score (nSPS) is 13.7. The third-order valence-electron chi connectivity index (χ3n) is 1.28. The molecular weight excluding hydrogens is 243 g/mol. The fourth-order valence-electron chi connectivity index (χ4n) is 0.838. The van der Waals surface area contributed by atoms with Crippen LogP contribution in [0.3, 0.4) is 0 Å². The van der Waals surface area contributed by atoms with Gasteiger partial charge in [-0.05, 0) is 40.8 Å². The lowest BCUT2D eigenvalue weighted by molar-refractivity contribution is 0.173. The standard InChI is InChI=1S/C7H4IO2/c8-5-2-1-3-6-7(5)10-4-9-6/h2-3H,4H2. The van der Waals surface area contributed by atoms with Crippen molar-refractivity contribution in [2.45, 2.75) is 0 Å². The van der Waals surface area contributed by atoms with Gasteiger partial charge in [-0.15, -0.1) is 0 Å². The molecular formula is C7H4IO2. The quantitative estimate of drug-likeness (QED) is 0.651. The maximum absolute atomic E-state index is 5.18. The highest BCUT2D eigenvalue weighted by atomic mass is 127. The summed E-state index contributed by atoms with van der Waals surface area (Å²) in [6.07, 6.45) is 0. The van der Waals surface area contributed by atoms with Gasteiger partial charge in [-0.2, -0.15) is 0 Å². The van der Waals surface area contributed by atoms with Crippen molar-refractivity contribution in [2.24, 2.45) is 0 Å². The van der Waals surface area contributed by atoms with Crippen molar-refractivity contribution in [1.82, 2.24) is 0 Å². The van der Waals surface area contributed by atoms with Crippen LogP contribution in [0.1, 0.15) is 0 Å². The summed E-state index contributed by atoms with van der Waals surface area (Å²) < 4.78 is 11.3. The molecule has 0 bridgehead atoms. The summed E-state index contributed by atoms with van der Waals surface area (Å²) in [5.41, 5.74) is 0. The Labute approximate surface area is 72.3 Å². The molecule has 1 heterocycles. The molecule has 0 saturated heterocycles. The van der Waals surface area contributed by atoms with Gasteiger partial charge in [0.1, 0.15) is 0 Å². The SMILES string of the molecule is Ic1c[c]cc2c1OCO2. The fraction of sp³-hybridized carbons (Fsp3) is 0.143. The monoisotopic (exact) mass is 247 g/mol. The molecule has 1 aromatic carbocycles. The van der Waals surface area contributed by atoms with E-state index < -0.39 is 0 Å². The van der Waals surface area contributed by atoms with Gasteiger partial charge in [-0.25, -0.2) is 0 Å². The van der Waals surface area contributed by atoms with E-state index in [-0.39, 0.29) is 0 Å². The summed E-state index contributed by atoms with van der Waals surface area (Å²) in [6.45, 7) is 0.336. The van der Waals surface area contributed by atoms with Crippen LogP contribution in [-0.4, -0.2) is 6.79 Å². The van der Waals surface area contributed by atoms with Crippen LogP contribution in [0.25, 0.3) is 0 Å². The Bertz CT molecular complexity index is 260. The fourth-order valence-corrected chi connectivity index (χ4v) is 1.44. The summed E-state index contributed by atoms with van der Waals surface area (Å²) in [7, 11) is 0. The number of hydrogen-bond donors (Lipinski definition) is 0. The molecule has 0 unspecified atom stereocenters. The van der Waals surface area contributed by atoms with E-state index in [1.807, 2.05) is 6.07 Å². The highest BCUT2D eigenvalue weighted by Crippen LogP contribution is 2.35. The minimum atomic E-state index is 0.336. The van der Waals surface area contributed by atoms with E-state index in [4.69, 9.17) is 9.47 Å². The first kappa shape index (κ1) is 6.27. The Morgan fingerprint density at radius 3 is 3.10 bits per heavy atom. The smallest absolute Gasteiger partial charge is 0.231 e. The molecule has 2 nitrogen and oxygen atoms in total. The van der Waals surface area contributed by atoms with Crippen LogP contribution in [0.4, 0.5) is 0 Å². The average Bonchev–Trinajstić information content (AvgIpc) is 2.36. The van der Waals surface area contributed by atoms with Crippen molar-refractivity contribution in [3.63, 3.8) is 0 Å². The molecule has 0 spiro atoms. The largest absolute Gasteiger partial charge is 0.454 e. The molecule has 0 saturated carbocycles. The van der Waals surface area contributed by atoms with Crippen LogP contribution < -0.4 is 9.47 Å². The number of fused-ring (bicyclic) bond motifs is 1. The Hall–Kier alpha value is -0.450. The number of benzene rings is 1. The summed E-state index contributed by atoms with van der Waals surface area (Å²) >= 11 is 2.19. The van der Waals surface area contributed by atoms with Crippen LogP contribution in [0.15, 0.2) is 12.1 Å². The number of ether oxygens (including phenoxy) is 2. The van der Waals surface area contributed by atoms with Gasteiger partial charge in [0, 0.05) is 0 Å². The lowest BCUT2D eigenvalue weighted by Crippen LogP contribution is -1.93. The molecule has 0 aromatic heterocycles.